The van der Waals surface area contributed by atoms with E-state index >= 15 is 0 Å². The van der Waals surface area contributed by atoms with Gasteiger partial charge in [0.1, 0.15) is 0 Å². The van der Waals surface area contributed by atoms with E-state index < -0.39 is 5.91 Å². The fourth-order valence-corrected chi connectivity index (χ4v) is 1.56. The van der Waals surface area contributed by atoms with E-state index in [2.05, 4.69) is 10.3 Å². The Labute approximate surface area is 85.3 Å². The quantitative estimate of drug-likeness (QED) is 0.764. The lowest BCUT2D eigenvalue weighted by Gasteiger charge is -1.96. The molecule has 0 saturated heterocycles. The first-order valence-electron chi connectivity index (χ1n) is 4.14. The Balaban J connectivity index is 2.59. The largest absolute Gasteiger partial charge is 0.369 e. The maximum atomic E-state index is 11.0. The number of carbonyl (C=O) groups excluding carboxylic acids is 2. The van der Waals surface area contributed by atoms with E-state index in [1.165, 1.54) is 11.3 Å². The van der Waals surface area contributed by atoms with E-state index in [0.717, 1.165) is 0 Å². The van der Waals surface area contributed by atoms with Crippen LogP contribution in [0.5, 0.6) is 0 Å². The molecule has 76 valence electrons. The molecule has 0 spiro atoms. The van der Waals surface area contributed by atoms with Gasteiger partial charge in [0.15, 0.2) is 5.13 Å². The minimum atomic E-state index is -0.427. The molecule has 14 heavy (non-hydrogen) atoms. The Hall–Kier alpha value is -1.43. The van der Waals surface area contributed by atoms with Gasteiger partial charge in [0.05, 0.1) is 12.1 Å². The summed E-state index contributed by atoms with van der Waals surface area (Å²) in [4.78, 5) is 25.6. The smallest absolute Gasteiger partial charge is 0.225 e. The normalized spacial score (nSPS) is 9.79. The fraction of sp³-hybridized carbons (Fsp3) is 0.375. The van der Waals surface area contributed by atoms with Gasteiger partial charge in [0.2, 0.25) is 11.8 Å². The van der Waals surface area contributed by atoms with Crippen molar-refractivity contribution in [2.24, 2.45) is 5.73 Å². The molecule has 2 amide bonds. The van der Waals surface area contributed by atoms with Gasteiger partial charge >= 0.3 is 0 Å². The van der Waals surface area contributed by atoms with Crippen LogP contribution in [0.2, 0.25) is 0 Å². The molecule has 0 unspecified atom stereocenters. The van der Waals surface area contributed by atoms with Gasteiger partial charge in [-0.1, -0.05) is 6.92 Å². The Morgan fingerprint density at radius 3 is 2.93 bits per heavy atom. The van der Waals surface area contributed by atoms with Crippen LogP contribution in [0.4, 0.5) is 5.13 Å². The standard InChI is InChI=1S/C8H11N3O2S/c1-2-7(13)11-8-10-5(4-14-8)3-6(9)12/h4H,2-3H2,1H3,(H2,9,12)(H,10,11,13). The summed E-state index contributed by atoms with van der Waals surface area (Å²) in [6, 6.07) is 0. The second-order valence-electron chi connectivity index (χ2n) is 2.69. The molecule has 6 heteroatoms. The molecule has 0 fully saturated rings. The van der Waals surface area contributed by atoms with Crippen molar-refractivity contribution in [2.45, 2.75) is 19.8 Å². The van der Waals surface area contributed by atoms with Crippen molar-refractivity contribution in [3.05, 3.63) is 11.1 Å². The molecule has 1 aromatic heterocycles. The van der Waals surface area contributed by atoms with Crippen molar-refractivity contribution in [2.75, 3.05) is 5.32 Å². The first-order valence-corrected chi connectivity index (χ1v) is 5.02. The predicted octanol–water partition coefficient (Wildman–Crippen LogP) is 0.519. The summed E-state index contributed by atoms with van der Waals surface area (Å²) in [5.74, 6) is -0.520. The maximum Gasteiger partial charge on any atom is 0.225 e. The second-order valence-corrected chi connectivity index (χ2v) is 3.55. The third-order valence-corrected chi connectivity index (χ3v) is 2.28. The maximum absolute atomic E-state index is 11.0. The van der Waals surface area contributed by atoms with Gasteiger partial charge in [-0.05, 0) is 0 Å². The van der Waals surface area contributed by atoms with E-state index in [1.807, 2.05) is 0 Å². The SMILES string of the molecule is CCC(=O)Nc1nc(CC(N)=O)cs1. The van der Waals surface area contributed by atoms with Crippen molar-refractivity contribution in [3.63, 3.8) is 0 Å². The molecule has 0 aliphatic carbocycles. The minimum absolute atomic E-state index is 0.0926. The number of thiazole rings is 1. The van der Waals surface area contributed by atoms with Crippen LogP contribution in [0.1, 0.15) is 19.0 Å². The highest BCUT2D eigenvalue weighted by molar-refractivity contribution is 7.13. The van der Waals surface area contributed by atoms with Crippen molar-refractivity contribution in [1.29, 1.82) is 0 Å². The highest BCUT2D eigenvalue weighted by Crippen LogP contribution is 2.15. The summed E-state index contributed by atoms with van der Waals surface area (Å²) in [6.07, 6.45) is 0.517. The van der Waals surface area contributed by atoms with Crippen LogP contribution < -0.4 is 11.1 Å². The number of nitrogens with one attached hydrogen (secondary N) is 1. The van der Waals surface area contributed by atoms with Crippen molar-refractivity contribution in [3.8, 4) is 0 Å². The van der Waals surface area contributed by atoms with E-state index in [4.69, 9.17) is 5.73 Å². The minimum Gasteiger partial charge on any atom is -0.369 e. The highest BCUT2D eigenvalue weighted by atomic mass is 32.1. The zero-order chi connectivity index (χ0) is 10.6. The van der Waals surface area contributed by atoms with Crippen molar-refractivity contribution in [1.82, 2.24) is 4.98 Å². The molecule has 0 bridgehead atoms. The van der Waals surface area contributed by atoms with E-state index in [-0.39, 0.29) is 12.3 Å². The number of nitrogens with two attached hydrogens (primary N) is 1. The Morgan fingerprint density at radius 1 is 1.64 bits per heavy atom. The molecule has 0 aliphatic rings. The molecule has 5 nitrogen and oxygen atoms in total. The molecule has 0 atom stereocenters. The Kier molecular flexibility index (Phi) is 3.58. The number of hydrogen-bond acceptors (Lipinski definition) is 4. The molecule has 0 aromatic carbocycles. The van der Waals surface area contributed by atoms with Gasteiger partial charge < -0.3 is 11.1 Å². The number of nitrogens with zero attached hydrogens (tertiary/aromatic N) is 1. The average molecular weight is 213 g/mol. The van der Waals surface area contributed by atoms with Crippen molar-refractivity contribution >= 4 is 28.3 Å². The van der Waals surface area contributed by atoms with Crippen LogP contribution in [-0.2, 0) is 16.0 Å². The molecule has 0 aliphatic heterocycles. The van der Waals surface area contributed by atoms with Gasteiger partial charge in [-0.15, -0.1) is 11.3 Å². The average Bonchev–Trinajstić information content (AvgIpc) is 2.51. The number of anilines is 1. The molecule has 1 heterocycles. The van der Waals surface area contributed by atoms with Crippen LogP contribution in [0, 0.1) is 0 Å². The fourth-order valence-electron chi connectivity index (χ4n) is 0.832. The van der Waals surface area contributed by atoms with Gasteiger partial charge in [-0.2, -0.15) is 0 Å². The molecule has 1 rings (SSSR count). The molecule has 0 radical (unpaired) electrons. The zero-order valence-electron chi connectivity index (χ0n) is 7.74. The third kappa shape index (κ3) is 3.14. The second kappa shape index (κ2) is 4.71. The van der Waals surface area contributed by atoms with Crippen LogP contribution in [-0.4, -0.2) is 16.8 Å². The summed E-state index contributed by atoms with van der Waals surface area (Å²) < 4.78 is 0. The topological polar surface area (TPSA) is 85.1 Å². The molecular weight excluding hydrogens is 202 g/mol. The number of amides is 2. The predicted molar refractivity (Wildman–Crippen MR) is 53.9 cm³/mol. The van der Waals surface area contributed by atoms with E-state index in [1.54, 1.807) is 12.3 Å². The zero-order valence-corrected chi connectivity index (χ0v) is 8.56. The first kappa shape index (κ1) is 10.6. The first-order chi connectivity index (χ1) is 6.61. The van der Waals surface area contributed by atoms with Crippen LogP contribution in [0.15, 0.2) is 5.38 Å². The number of carbonyl (C=O) groups is 2. The number of rotatable bonds is 4. The lowest BCUT2D eigenvalue weighted by molar-refractivity contribution is -0.117. The van der Waals surface area contributed by atoms with Crippen LogP contribution >= 0.6 is 11.3 Å². The summed E-state index contributed by atoms with van der Waals surface area (Å²) >= 11 is 1.28. The van der Waals surface area contributed by atoms with Crippen molar-refractivity contribution < 1.29 is 9.59 Å². The summed E-state index contributed by atoms with van der Waals surface area (Å²) in [5.41, 5.74) is 5.59. The Bertz CT molecular complexity index is 348. The van der Waals surface area contributed by atoms with E-state index in [0.29, 0.717) is 17.2 Å². The van der Waals surface area contributed by atoms with Gasteiger partial charge in [-0.25, -0.2) is 4.98 Å². The van der Waals surface area contributed by atoms with Gasteiger partial charge in [0, 0.05) is 11.8 Å². The monoisotopic (exact) mass is 213 g/mol. The van der Waals surface area contributed by atoms with Crippen LogP contribution in [0.25, 0.3) is 0 Å². The molecule has 1 aromatic rings. The summed E-state index contributed by atoms with van der Waals surface area (Å²) in [5, 5.41) is 4.81. The lowest BCUT2D eigenvalue weighted by atomic mass is 10.3. The molecule has 3 N–H and O–H groups in total. The van der Waals surface area contributed by atoms with Crippen LogP contribution in [0.3, 0.4) is 0 Å². The highest BCUT2D eigenvalue weighted by Gasteiger charge is 2.06. The third-order valence-electron chi connectivity index (χ3n) is 1.47. The number of aromatic nitrogens is 1. The Morgan fingerprint density at radius 2 is 2.36 bits per heavy atom. The van der Waals surface area contributed by atoms with Gasteiger partial charge in [0.25, 0.3) is 0 Å². The molecule has 0 saturated carbocycles. The van der Waals surface area contributed by atoms with E-state index in [9.17, 15) is 9.59 Å². The number of primary amides is 1. The lowest BCUT2D eigenvalue weighted by Crippen LogP contribution is -2.14. The molecular formula is C8H11N3O2S. The summed E-state index contributed by atoms with van der Waals surface area (Å²) in [7, 11) is 0. The number of hydrogen-bond donors (Lipinski definition) is 2. The van der Waals surface area contributed by atoms with Gasteiger partial charge in [-0.3, -0.25) is 9.59 Å². The summed E-state index contributed by atoms with van der Waals surface area (Å²) in [6.45, 7) is 1.76.